The van der Waals surface area contributed by atoms with E-state index in [-0.39, 0.29) is 29.6 Å². The van der Waals surface area contributed by atoms with Crippen molar-refractivity contribution in [3.63, 3.8) is 0 Å². The van der Waals surface area contributed by atoms with Crippen molar-refractivity contribution in [2.75, 3.05) is 14.2 Å². The Bertz CT molecular complexity index is 690. The number of ether oxygens (including phenoxy) is 2. The molecule has 3 aromatic carbocycles. The fourth-order valence-corrected chi connectivity index (χ4v) is 2.62. The summed E-state index contributed by atoms with van der Waals surface area (Å²) in [5.74, 6) is 2.91. The van der Waals surface area contributed by atoms with E-state index in [1.807, 2.05) is 30.3 Å². The van der Waals surface area contributed by atoms with Crippen molar-refractivity contribution in [2.45, 2.75) is 0 Å². The van der Waals surface area contributed by atoms with Gasteiger partial charge in [0.1, 0.15) is 11.5 Å². The van der Waals surface area contributed by atoms with Gasteiger partial charge in [0.05, 0.1) is 14.2 Å². The van der Waals surface area contributed by atoms with Gasteiger partial charge in [-0.05, 0) is 24.3 Å². The molecule has 3 heteroatoms. The molecule has 0 heterocycles. The van der Waals surface area contributed by atoms with E-state index in [4.69, 9.17) is 9.47 Å². The van der Waals surface area contributed by atoms with E-state index in [0.717, 1.165) is 22.6 Å². The molecule has 24 heavy (non-hydrogen) atoms. The summed E-state index contributed by atoms with van der Waals surface area (Å²) >= 11 is 0. The number of benzene rings is 3. The molecule has 2 nitrogen and oxygen atoms in total. The Kier molecular flexibility index (Phi) is 6.80. The van der Waals surface area contributed by atoms with Gasteiger partial charge < -0.3 is 9.47 Å². The molecule has 0 radical (unpaired) electrons. The summed E-state index contributed by atoms with van der Waals surface area (Å²) in [6.45, 7) is 0. The normalized spacial score (nSPS) is 9.75. The molecule has 0 atom stereocenters. The number of hydrogen-bond donors (Lipinski definition) is 0. The van der Waals surface area contributed by atoms with Crippen LogP contribution in [0.4, 0.5) is 0 Å². The first-order chi connectivity index (χ1) is 11.3. The predicted molar refractivity (Wildman–Crippen MR) is 93.0 cm³/mol. The van der Waals surface area contributed by atoms with Crippen LogP contribution in [-0.2, 0) is 0 Å². The summed E-state index contributed by atoms with van der Waals surface area (Å²) in [5.41, 5.74) is 3.49. The van der Waals surface area contributed by atoms with Gasteiger partial charge in [0.2, 0.25) is 0 Å². The summed E-state index contributed by atoms with van der Waals surface area (Å²) in [5, 5.41) is 0. The maximum absolute atomic E-state index is 5.26. The third kappa shape index (κ3) is 4.15. The van der Waals surface area contributed by atoms with Gasteiger partial charge in [-0.15, -0.1) is 0 Å². The summed E-state index contributed by atoms with van der Waals surface area (Å²) in [6.07, 6.45) is 0. The van der Waals surface area contributed by atoms with Crippen molar-refractivity contribution in [3.05, 3.63) is 101 Å². The molecule has 0 aliphatic rings. The summed E-state index contributed by atoms with van der Waals surface area (Å²) < 4.78 is 10.5. The average molecular weight is 326 g/mol. The molecule has 0 spiro atoms. The standard InChI is InChI=1S/C21H19O2.Na/c1-22-19-12-8-17(9-13-19)21(16-6-4-3-5-7-16)18-10-14-20(23-2)15-11-18;/h3-15H,1-2H3;/q-1;+1. The number of hydrogen-bond acceptors (Lipinski definition) is 2. The molecule has 0 aliphatic carbocycles. The Hall–Kier alpha value is -1.87. The molecule has 0 saturated carbocycles. The fourth-order valence-electron chi connectivity index (χ4n) is 2.62. The van der Waals surface area contributed by atoms with E-state index < -0.39 is 0 Å². The monoisotopic (exact) mass is 326 g/mol. The summed E-state index contributed by atoms with van der Waals surface area (Å²) in [7, 11) is 3.36. The van der Waals surface area contributed by atoms with E-state index >= 15 is 0 Å². The molecule has 0 aliphatic heterocycles. The second-order valence-corrected chi connectivity index (χ2v) is 5.20. The molecule has 0 bridgehead atoms. The quantitative estimate of drug-likeness (QED) is 0.404. The van der Waals surface area contributed by atoms with Crippen LogP contribution in [0.5, 0.6) is 11.5 Å². The first-order valence-electron chi connectivity index (χ1n) is 7.53. The van der Waals surface area contributed by atoms with E-state index in [1.165, 1.54) is 11.5 Å². The van der Waals surface area contributed by atoms with Crippen molar-refractivity contribution >= 4 is 0 Å². The first kappa shape index (κ1) is 18.5. The van der Waals surface area contributed by atoms with Crippen molar-refractivity contribution in [1.29, 1.82) is 0 Å². The topological polar surface area (TPSA) is 18.5 Å². The van der Waals surface area contributed by atoms with Gasteiger partial charge >= 0.3 is 29.6 Å². The molecule has 0 N–H and O–H groups in total. The molecule has 116 valence electrons. The van der Waals surface area contributed by atoms with Crippen LogP contribution in [0.2, 0.25) is 0 Å². The van der Waals surface area contributed by atoms with Crippen LogP contribution in [0.25, 0.3) is 0 Å². The number of methoxy groups -OCH3 is 2. The van der Waals surface area contributed by atoms with E-state index in [9.17, 15) is 0 Å². The Labute approximate surface area is 165 Å². The maximum atomic E-state index is 5.26. The van der Waals surface area contributed by atoms with Crippen LogP contribution >= 0.6 is 0 Å². The molecule has 3 rings (SSSR count). The third-order valence-corrected chi connectivity index (χ3v) is 3.82. The van der Waals surface area contributed by atoms with Crippen molar-refractivity contribution in [2.24, 2.45) is 0 Å². The zero-order chi connectivity index (χ0) is 16.1. The second-order valence-electron chi connectivity index (χ2n) is 5.20. The average Bonchev–Trinajstić information content (AvgIpc) is 2.64. The van der Waals surface area contributed by atoms with Crippen molar-refractivity contribution in [1.82, 2.24) is 0 Å². The second kappa shape index (κ2) is 8.84. The summed E-state index contributed by atoms with van der Waals surface area (Å²) in [6, 6.07) is 26.7. The van der Waals surface area contributed by atoms with Gasteiger partial charge in [-0.25, -0.2) is 0 Å². The minimum Gasteiger partial charge on any atom is -0.498 e. The van der Waals surface area contributed by atoms with Crippen LogP contribution in [0, 0.1) is 5.92 Å². The Balaban J connectivity index is 0.00000208. The van der Waals surface area contributed by atoms with Crippen LogP contribution in [0.15, 0.2) is 78.9 Å². The van der Waals surface area contributed by atoms with Gasteiger partial charge in [0, 0.05) is 0 Å². The molecule has 3 aromatic rings. The zero-order valence-corrected chi connectivity index (χ0v) is 16.3. The minimum absolute atomic E-state index is 0. The van der Waals surface area contributed by atoms with Crippen LogP contribution in [0.3, 0.4) is 0 Å². The van der Waals surface area contributed by atoms with Gasteiger partial charge in [0.25, 0.3) is 0 Å². The zero-order valence-electron chi connectivity index (χ0n) is 14.3. The predicted octanol–water partition coefficient (Wildman–Crippen LogP) is 1.73. The van der Waals surface area contributed by atoms with Gasteiger partial charge in [-0.1, -0.05) is 77.2 Å². The molecule has 0 aromatic heterocycles. The van der Waals surface area contributed by atoms with Crippen LogP contribution in [0.1, 0.15) is 16.7 Å². The Morgan fingerprint density at radius 1 is 0.542 bits per heavy atom. The third-order valence-electron chi connectivity index (χ3n) is 3.82. The molecular weight excluding hydrogens is 307 g/mol. The fraction of sp³-hybridized carbons (Fsp3) is 0.0952. The maximum Gasteiger partial charge on any atom is 1.00 e. The minimum atomic E-state index is 0. The van der Waals surface area contributed by atoms with Crippen LogP contribution < -0.4 is 39.0 Å². The van der Waals surface area contributed by atoms with Gasteiger partial charge in [0.15, 0.2) is 0 Å². The summed E-state index contributed by atoms with van der Waals surface area (Å²) in [4.78, 5) is 0. The Morgan fingerprint density at radius 2 is 0.917 bits per heavy atom. The van der Waals surface area contributed by atoms with E-state index in [0.29, 0.717) is 0 Å². The number of rotatable bonds is 5. The largest absolute Gasteiger partial charge is 1.00 e. The molecule has 0 unspecified atom stereocenters. The van der Waals surface area contributed by atoms with E-state index in [2.05, 4.69) is 48.5 Å². The van der Waals surface area contributed by atoms with Gasteiger partial charge in [-0.2, -0.15) is 0 Å². The molecule has 0 saturated heterocycles. The SMILES string of the molecule is COc1ccc([C-](c2ccccc2)c2ccc(OC)cc2)cc1.[Na+]. The van der Waals surface area contributed by atoms with Gasteiger partial charge in [-0.3, -0.25) is 0 Å². The smallest absolute Gasteiger partial charge is 0.498 e. The van der Waals surface area contributed by atoms with Crippen LogP contribution in [-0.4, -0.2) is 14.2 Å². The Morgan fingerprint density at radius 3 is 1.29 bits per heavy atom. The molecule has 0 fully saturated rings. The van der Waals surface area contributed by atoms with Crippen molar-refractivity contribution < 1.29 is 39.0 Å². The van der Waals surface area contributed by atoms with E-state index in [1.54, 1.807) is 14.2 Å². The van der Waals surface area contributed by atoms with Crippen molar-refractivity contribution in [3.8, 4) is 11.5 Å². The molecular formula is C21H19NaO2. The first-order valence-corrected chi connectivity index (χ1v) is 7.53. The molecule has 0 amide bonds.